The van der Waals surface area contributed by atoms with Gasteiger partial charge in [-0.15, -0.1) is 13.2 Å². The monoisotopic (exact) mass is 379 g/mol. The van der Waals surface area contributed by atoms with Crippen molar-refractivity contribution >= 4 is 11.6 Å². The van der Waals surface area contributed by atoms with Gasteiger partial charge < -0.3 is 15.2 Å². The number of aromatic nitrogens is 2. The molecule has 142 valence electrons. The van der Waals surface area contributed by atoms with Crippen LogP contribution in [0.15, 0.2) is 42.6 Å². The van der Waals surface area contributed by atoms with E-state index < -0.39 is 6.36 Å². The van der Waals surface area contributed by atoms with Gasteiger partial charge in [0.05, 0.1) is 5.69 Å². The van der Waals surface area contributed by atoms with Gasteiger partial charge in [-0.05, 0) is 30.2 Å². The summed E-state index contributed by atoms with van der Waals surface area (Å²) in [7, 11) is 0. The molecule has 0 bridgehead atoms. The summed E-state index contributed by atoms with van der Waals surface area (Å²) in [6.45, 7) is 1.98. The molecular weight excluding hydrogens is 363 g/mol. The Bertz CT molecular complexity index is 966. The number of hydrogen-bond donors (Lipinski definition) is 2. The van der Waals surface area contributed by atoms with E-state index in [1.807, 2.05) is 6.92 Å². The predicted molar refractivity (Wildman–Crippen MR) is 90.5 cm³/mol. The standard InChI is InChI=1S/C18H16F3N3O3/c1-2-14-16(24-8-7-12(25)9-15(24)23-14)17(26)22-10-11-3-5-13(6-4-11)27-18(19,20)21/h3-9,25H,2,10H2,1H3,(H,22,26). The Morgan fingerprint density at radius 1 is 1.26 bits per heavy atom. The molecule has 0 saturated carbocycles. The summed E-state index contributed by atoms with van der Waals surface area (Å²) in [6, 6.07) is 8.15. The van der Waals surface area contributed by atoms with Crippen molar-refractivity contribution in [2.24, 2.45) is 0 Å². The molecule has 0 saturated heterocycles. The molecule has 0 aliphatic heterocycles. The molecule has 6 nitrogen and oxygen atoms in total. The number of benzene rings is 1. The number of amides is 1. The molecule has 1 aromatic carbocycles. The minimum atomic E-state index is -4.75. The van der Waals surface area contributed by atoms with Gasteiger partial charge in [0, 0.05) is 18.8 Å². The molecule has 27 heavy (non-hydrogen) atoms. The molecule has 0 spiro atoms. The number of pyridine rings is 1. The summed E-state index contributed by atoms with van der Waals surface area (Å²) < 4.78 is 41.9. The highest BCUT2D eigenvalue weighted by molar-refractivity contribution is 5.94. The number of nitrogens with zero attached hydrogens (tertiary/aromatic N) is 2. The van der Waals surface area contributed by atoms with Crippen molar-refractivity contribution < 1.29 is 27.8 Å². The van der Waals surface area contributed by atoms with Crippen molar-refractivity contribution in [3.63, 3.8) is 0 Å². The van der Waals surface area contributed by atoms with Crippen molar-refractivity contribution in [1.29, 1.82) is 0 Å². The third-order valence-corrected chi connectivity index (χ3v) is 3.84. The van der Waals surface area contributed by atoms with E-state index in [9.17, 15) is 23.1 Å². The van der Waals surface area contributed by atoms with Crippen molar-refractivity contribution in [3.05, 3.63) is 59.5 Å². The van der Waals surface area contributed by atoms with Crippen LogP contribution in [0.1, 0.15) is 28.7 Å². The van der Waals surface area contributed by atoms with Gasteiger partial charge in [0.1, 0.15) is 22.8 Å². The molecule has 3 aromatic rings. The number of carbonyl (C=O) groups excluding carboxylic acids is 1. The van der Waals surface area contributed by atoms with Crippen LogP contribution in [0.2, 0.25) is 0 Å². The smallest absolute Gasteiger partial charge is 0.508 e. The summed E-state index contributed by atoms with van der Waals surface area (Å²) in [5.41, 5.74) is 1.99. The summed E-state index contributed by atoms with van der Waals surface area (Å²) >= 11 is 0. The third kappa shape index (κ3) is 4.30. The first-order valence-electron chi connectivity index (χ1n) is 8.09. The predicted octanol–water partition coefficient (Wildman–Crippen LogP) is 3.43. The number of nitrogens with one attached hydrogen (secondary N) is 1. The molecule has 9 heteroatoms. The fraction of sp³-hybridized carbons (Fsp3) is 0.222. The molecular formula is C18H16F3N3O3. The topological polar surface area (TPSA) is 75.9 Å². The number of rotatable bonds is 5. The number of alkyl halides is 3. The molecule has 0 aliphatic carbocycles. The molecule has 2 aromatic heterocycles. The van der Waals surface area contributed by atoms with Crippen molar-refractivity contribution in [2.75, 3.05) is 0 Å². The lowest BCUT2D eigenvalue weighted by atomic mass is 10.2. The quantitative estimate of drug-likeness (QED) is 0.712. The average molecular weight is 379 g/mol. The van der Waals surface area contributed by atoms with Gasteiger partial charge in [-0.1, -0.05) is 19.1 Å². The maximum Gasteiger partial charge on any atom is 0.573 e. The van der Waals surface area contributed by atoms with Gasteiger partial charge >= 0.3 is 6.36 Å². The van der Waals surface area contributed by atoms with Gasteiger partial charge in [-0.2, -0.15) is 0 Å². The van der Waals surface area contributed by atoms with Crippen LogP contribution < -0.4 is 10.1 Å². The Morgan fingerprint density at radius 2 is 1.96 bits per heavy atom. The summed E-state index contributed by atoms with van der Waals surface area (Å²) in [6.07, 6.45) is -2.67. The van der Waals surface area contributed by atoms with Gasteiger partial charge in [-0.3, -0.25) is 9.20 Å². The number of carbonyl (C=O) groups is 1. The zero-order valence-corrected chi connectivity index (χ0v) is 14.2. The van der Waals surface area contributed by atoms with Crippen LogP contribution in [0.25, 0.3) is 5.65 Å². The van der Waals surface area contributed by atoms with Crippen molar-refractivity contribution in [3.8, 4) is 11.5 Å². The van der Waals surface area contributed by atoms with E-state index in [-0.39, 0.29) is 24.0 Å². The number of fused-ring (bicyclic) bond motifs is 1. The van der Waals surface area contributed by atoms with Crippen LogP contribution in [0, 0.1) is 0 Å². The van der Waals surface area contributed by atoms with Crippen LogP contribution >= 0.6 is 0 Å². The molecule has 2 N–H and O–H groups in total. The lowest BCUT2D eigenvalue weighted by Gasteiger charge is -2.10. The first-order chi connectivity index (χ1) is 12.8. The number of hydrogen-bond acceptors (Lipinski definition) is 4. The van der Waals surface area contributed by atoms with E-state index >= 15 is 0 Å². The Labute approximate surface area is 152 Å². The highest BCUT2D eigenvalue weighted by atomic mass is 19.4. The fourth-order valence-corrected chi connectivity index (χ4v) is 2.64. The highest BCUT2D eigenvalue weighted by Gasteiger charge is 2.30. The second kappa shape index (κ2) is 7.18. The molecule has 0 fully saturated rings. The molecule has 1 amide bonds. The maximum atomic E-state index is 12.6. The number of halogens is 3. The summed E-state index contributed by atoms with van der Waals surface area (Å²) in [5, 5.41) is 12.3. The molecule has 3 rings (SSSR count). The van der Waals surface area contributed by atoms with E-state index in [1.165, 1.54) is 36.4 Å². The van der Waals surface area contributed by atoms with E-state index in [1.54, 1.807) is 10.6 Å². The number of imidazole rings is 1. The number of ether oxygens (including phenoxy) is 1. The fourth-order valence-electron chi connectivity index (χ4n) is 2.64. The van der Waals surface area contributed by atoms with Crippen LogP contribution in [-0.4, -0.2) is 26.8 Å². The number of aromatic hydroxyl groups is 1. The van der Waals surface area contributed by atoms with Crippen molar-refractivity contribution in [2.45, 2.75) is 26.3 Å². The zero-order chi connectivity index (χ0) is 19.6. The van der Waals surface area contributed by atoms with Crippen LogP contribution in [0.3, 0.4) is 0 Å². The molecule has 0 atom stereocenters. The lowest BCUT2D eigenvalue weighted by molar-refractivity contribution is -0.274. The van der Waals surface area contributed by atoms with Crippen LogP contribution in [-0.2, 0) is 13.0 Å². The Balaban J connectivity index is 1.74. The average Bonchev–Trinajstić information content (AvgIpc) is 2.97. The number of aryl methyl sites for hydroxylation is 1. The zero-order valence-electron chi connectivity index (χ0n) is 14.2. The lowest BCUT2D eigenvalue weighted by Crippen LogP contribution is -2.25. The summed E-state index contributed by atoms with van der Waals surface area (Å²) in [5.74, 6) is -0.656. The van der Waals surface area contributed by atoms with Crippen molar-refractivity contribution in [1.82, 2.24) is 14.7 Å². The molecule has 0 aliphatic rings. The Kier molecular flexibility index (Phi) is 4.93. The first-order valence-corrected chi connectivity index (χ1v) is 8.09. The van der Waals surface area contributed by atoms with E-state index in [4.69, 9.17) is 0 Å². The Hall–Kier alpha value is -3.23. The largest absolute Gasteiger partial charge is 0.573 e. The Morgan fingerprint density at radius 3 is 2.59 bits per heavy atom. The van der Waals surface area contributed by atoms with E-state index in [0.717, 1.165) is 0 Å². The van der Waals surface area contributed by atoms with E-state index in [2.05, 4.69) is 15.0 Å². The van der Waals surface area contributed by atoms with Gasteiger partial charge in [0.15, 0.2) is 0 Å². The SMILES string of the molecule is CCc1nc2cc(O)ccn2c1C(=O)NCc1ccc(OC(F)(F)F)cc1. The second-order valence-corrected chi connectivity index (χ2v) is 5.75. The second-order valence-electron chi connectivity index (χ2n) is 5.75. The van der Waals surface area contributed by atoms with Crippen LogP contribution in [0.5, 0.6) is 11.5 Å². The summed E-state index contributed by atoms with van der Waals surface area (Å²) in [4.78, 5) is 16.9. The molecule has 0 radical (unpaired) electrons. The normalized spacial score (nSPS) is 11.6. The van der Waals surface area contributed by atoms with E-state index in [0.29, 0.717) is 29.0 Å². The maximum absolute atomic E-state index is 12.6. The highest BCUT2D eigenvalue weighted by Crippen LogP contribution is 2.23. The minimum Gasteiger partial charge on any atom is -0.508 e. The first kappa shape index (κ1) is 18.6. The molecule has 0 unspecified atom stereocenters. The van der Waals surface area contributed by atoms with Gasteiger partial charge in [0.25, 0.3) is 5.91 Å². The van der Waals surface area contributed by atoms with Crippen LogP contribution in [0.4, 0.5) is 13.2 Å². The minimum absolute atomic E-state index is 0.0447. The van der Waals surface area contributed by atoms with Gasteiger partial charge in [-0.25, -0.2) is 4.98 Å². The third-order valence-electron chi connectivity index (χ3n) is 3.84. The molecule has 2 heterocycles. The van der Waals surface area contributed by atoms with Gasteiger partial charge in [0.2, 0.25) is 0 Å².